The summed E-state index contributed by atoms with van der Waals surface area (Å²) < 4.78 is 2.48. The standard InChI is InChI=1S/C18H20N2/c1-12-4-5-14-15-7-9-19-8-2-3-13-6-10-20(16(14)11-12)18(15)17(13)19/h4-6,10-11,13,17H,2-3,7-9H2,1H3/t13-,17-/m1/s1. The molecule has 5 rings (SSSR count). The summed E-state index contributed by atoms with van der Waals surface area (Å²) in [4.78, 5) is 2.72. The molecule has 20 heavy (non-hydrogen) atoms. The van der Waals surface area contributed by atoms with Gasteiger partial charge in [-0.25, -0.2) is 0 Å². The Morgan fingerprint density at radius 2 is 2.15 bits per heavy atom. The SMILES string of the molecule is Cc1ccc2c3c4n(c2c1)C=C[C@H]1CCCN(CC3)[C@@H]41. The highest BCUT2D eigenvalue weighted by Crippen LogP contribution is 2.47. The summed E-state index contributed by atoms with van der Waals surface area (Å²) in [7, 11) is 0. The Balaban J connectivity index is 1.86. The molecule has 0 spiro atoms. The number of rotatable bonds is 0. The van der Waals surface area contributed by atoms with Crippen LogP contribution in [0.15, 0.2) is 24.3 Å². The fraction of sp³-hybridized carbons (Fsp3) is 0.444. The third-order valence-electron chi connectivity index (χ3n) is 5.50. The average molecular weight is 264 g/mol. The van der Waals surface area contributed by atoms with Crippen LogP contribution in [0, 0.1) is 12.8 Å². The molecule has 3 aliphatic rings. The van der Waals surface area contributed by atoms with Crippen molar-refractivity contribution in [1.82, 2.24) is 9.47 Å². The van der Waals surface area contributed by atoms with Gasteiger partial charge in [-0.1, -0.05) is 18.2 Å². The normalized spacial score (nSPS) is 27.9. The van der Waals surface area contributed by atoms with Gasteiger partial charge >= 0.3 is 0 Å². The van der Waals surface area contributed by atoms with Crippen LogP contribution < -0.4 is 0 Å². The second-order valence-electron chi connectivity index (χ2n) is 6.63. The van der Waals surface area contributed by atoms with Crippen LogP contribution in [-0.2, 0) is 6.42 Å². The minimum absolute atomic E-state index is 0.644. The minimum atomic E-state index is 0.644. The highest BCUT2D eigenvalue weighted by Gasteiger charge is 2.40. The first-order valence-corrected chi connectivity index (χ1v) is 7.88. The van der Waals surface area contributed by atoms with Gasteiger partial charge in [-0.3, -0.25) is 4.90 Å². The summed E-state index contributed by atoms with van der Waals surface area (Å²) >= 11 is 0. The Morgan fingerprint density at radius 1 is 1.20 bits per heavy atom. The number of piperidine rings is 1. The largest absolute Gasteiger partial charge is 0.319 e. The van der Waals surface area contributed by atoms with Crippen LogP contribution in [0.3, 0.4) is 0 Å². The first kappa shape index (κ1) is 11.2. The van der Waals surface area contributed by atoms with E-state index in [2.05, 4.69) is 46.9 Å². The Bertz CT molecular complexity index is 737. The summed E-state index contributed by atoms with van der Waals surface area (Å²) in [5.41, 5.74) is 6.00. The van der Waals surface area contributed by atoms with Crippen LogP contribution in [0.5, 0.6) is 0 Å². The monoisotopic (exact) mass is 264 g/mol. The molecule has 4 heterocycles. The van der Waals surface area contributed by atoms with Gasteiger partial charge in [-0.2, -0.15) is 0 Å². The summed E-state index contributed by atoms with van der Waals surface area (Å²) in [5.74, 6) is 0.737. The van der Waals surface area contributed by atoms with E-state index in [1.165, 1.54) is 48.8 Å². The minimum Gasteiger partial charge on any atom is -0.319 e. The fourth-order valence-corrected chi connectivity index (χ4v) is 4.63. The molecule has 0 unspecified atom stereocenters. The number of aromatic nitrogens is 1. The van der Waals surface area contributed by atoms with Crippen LogP contribution in [0.4, 0.5) is 0 Å². The Morgan fingerprint density at radius 3 is 3.10 bits per heavy atom. The number of hydrogen-bond acceptors (Lipinski definition) is 1. The molecule has 0 bridgehead atoms. The molecule has 3 aliphatic heterocycles. The van der Waals surface area contributed by atoms with E-state index in [4.69, 9.17) is 0 Å². The van der Waals surface area contributed by atoms with Crippen molar-refractivity contribution in [2.45, 2.75) is 32.2 Å². The van der Waals surface area contributed by atoms with Crippen molar-refractivity contribution in [3.8, 4) is 0 Å². The molecule has 1 saturated heterocycles. The first-order valence-electron chi connectivity index (χ1n) is 7.88. The first-order chi connectivity index (χ1) is 9.83. The third-order valence-corrected chi connectivity index (χ3v) is 5.50. The zero-order valence-corrected chi connectivity index (χ0v) is 12.0. The van der Waals surface area contributed by atoms with E-state index in [-0.39, 0.29) is 0 Å². The molecule has 1 fully saturated rings. The average Bonchev–Trinajstić information content (AvgIpc) is 2.80. The maximum atomic E-state index is 2.72. The van der Waals surface area contributed by atoms with Crippen LogP contribution in [0.2, 0.25) is 0 Å². The molecular formula is C18H20N2. The van der Waals surface area contributed by atoms with E-state index in [9.17, 15) is 0 Å². The van der Waals surface area contributed by atoms with Gasteiger partial charge in [0.15, 0.2) is 0 Å². The van der Waals surface area contributed by atoms with Crippen molar-refractivity contribution in [2.75, 3.05) is 13.1 Å². The number of nitrogens with zero attached hydrogens (tertiary/aromatic N) is 2. The van der Waals surface area contributed by atoms with Crippen LogP contribution >= 0.6 is 0 Å². The summed E-state index contributed by atoms with van der Waals surface area (Å²) in [6.45, 7) is 4.73. The van der Waals surface area contributed by atoms with Crippen molar-refractivity contribution < 1.29 is 0 Å². The van der Waals surface area contributed by atoms with Gasteiger partial charge in [0.2, 0.25) is 0 Å². The smallest absolute Gasteiger partial charge is 0.0571 e. The molecule has 0 saturated carbocycles. The second-order valence-corrected chi connectivity index (χ2v) is 6.63. The molecule has 2 atom stereocenters. The molecule has 0 radical (unpaired) electrons. The molecular weight excluding hydrogens is 244 g/mol. The third kappa shape index (κ3) is 1.28. The van der Waals surface area contributed by atoms with E-state index in [1.54, 1.807) is 11.3 Å². The molecule has 102 valence electrons. The molecule has 2 heteroatoms. The van der Waals surface area contributed by atoms with E-state index >= 15 is 0 Å². The number of benzene rings is 1. The van der Waals surface area contributed by atoms with E-state index in [1.807, 2.05) is 0 Å². The maximum Gasteiger partial charge on any atom is 0.0571 e. The number of fused-ring (bicyclic) bond motifs is 3. The van der Waals surface area contributed by atoms with Gasteiger partial charge in [-0.15, -0.1) is 0 Å². The zero-order valence-electron chi connectivity index (χ0n) is 12.0. The lowest BCUT2D eigenvalue weighted by atomic mass is 9.81. The van der Waals surface area contributed by atoms with Gasteiger partial charge in [0.1, 0.15) is 0 Å². The molecule has 2 nitrogen and oxygen atoms in total. The highest BCUT2D eigenvalue weighted by atomic mass is 15.2. The van der Waals surface area contributed by atoms with Crippen molar-refractivity contribution in [3.05, 3.63) is 41.1 Å². The summed E-state index contributed by atoms with van der Waals surface area (Å²) in [6, 6.07) is 7.60. The molecule has 0 amide bonds. The van der Waals surface area contributed by atoms with Crippen molar-refractivity contribution in [1.29, 1.82) is 0 Å². The second kappa shape index (κ2) is 3.76. The van der Waals surface area contributed by atoms with E-state index in [0.29, 0.717) is 6.04 Å². The van der Waals surface area contributed by atoms with Gasteiger partial charge in [0.05, 0.1) is 11.6 Å². The number of hydrogen-bond donors (Lipinski definition) is 0. The van der Waals surface area contributed by atoms with Gasteiger partial charge in [0.25, 0.3) is 0 Å². The molecule has 0 N–H and O–H groups in total. The summed E-state index contributed by atoms with van der Waals surface area (Å²) in [6.07, 6.45) is 8.74. The van der Waals surface area contributed by atoms with Crippen LogP contribution in [0.25, 0.3) is 17.1 Å². The van der Waals surface area contributed by atoms with Crippen LogP contribution in [-0.4, -0.2) is 22.6 Å². The predicted molar refractivity (Wildman–Crippen MR) is 82.7 cm³/mol. The lowest BCUT2D eigenvalue weighted by molar-refractivity contribution is 0.0982. The van der Waals surface area contributed by atoms with Gasteiger partial charge < -0.3 is 4.57 Å². The van der Waals surface area contributed by atoms with Crippen molar-refractivity contribution in [2.24, 2.45) is 5.92 Å². The van der Waals surface area contributed by atoms with Gasteiger partial charge in [-0.05, 0) is 55.8 Å². The lowest BCUT2D eigenvalue weighted by Crippen LogP contribution is -2.44. The van der Waals surface area contributed by atoms with Crippen LogP contribution in [0.1, 0.15) is 35.7 Å². The summed E-state index contributed by atoms with van der Waals surface area (Å²) in [5, 5.41) is 1.49. The van der Waals surface area contributed by atoms with E-state index in [0.717, 1.165) is 5.92 Å². The number of aryl methyl sites for hydroxylation is 1. The molecule has 1 aromatic heterocycles. The Labute approximate surface area is 119 Å². The topological polar surface area (TPSA) is 8.17 Å². The zero-order chi connectivity index (χ0) is 13.3. The Hall–Kier alpha value is -1.54. The lowest BCUT2D eigenvalue weighted by Gasteiger charge is -2.45. The predicted octanol–water partition coefficient (Wildman–Crippen LogP) is 3.74. The quantitative estimate of drug-likeness (QED) is 0.703. The fourth-order valence-electron chi connectivity index (χ4n) is 4.63. The maximum absolute atomic E-state index is 2.72. The molecule has 1 aromatic carbocycles. The highest BCUT2D eigenvalue weighted by molar-refractivity contribution is 5.89. The molecule has 2 aromatic rings. The van der Waals surface area contributed by atoms with E-state index < -0.39 is 0 Å². The Kier molecular flexibility index (Phi) is 2.10. The van der Waals surface area contributed by atoms with Crippen molar-refractivity contribution >= 4 is 17.1 Å². The van der Waals surface area contributed by atoms with Gasteiger partial charge in [0, 0.05) is 23.8 Å². The van der Waals surface area contributed by atoms with Crippen molar-refractivity contribution in [3.63, 3.8) is 0 Å². The molecule has 0 aliphatic carbocycles.